The van der Waals surface area contributed by atoms with Crippen LogP contribution in [0.25, 0.3) is 0 Å². The molecular weight excluding hydrogens is 310 g/mol. The predicted molar refractivity (Wildman–Crippen MR) is 88.8 cm³/mol. The van der Waals surface area contributed by atoms with Gasteiger partial charge in [0.2, 0.25) is 5.91 Å². The van der Waals surface area contributed by atoms with E-state index in [4.69, 9.17) is 9.47 Å². The van der Waals surface area contributed by atoms with Gasteiger partial charge < -0.3 is 14.4 Å². The Morgan fingerprint density at radius 3 is 2.74 bits per heavy atom. The number of carbonyl (C=O) groups excluding carboxylic acids is 1. The molecule has 0 N–H and O–H groups in total. The summed E-state index contributed by atoms with van der Waals surface area (Å²) in [7, 11) is 3.26. The lowest BCUT2D eigenvalue weighted by molar-refractivity contribution is -0.132. The van der Waals surface area contributed by atoms with E-state index in [0.29, 0.717) is 29.9 Å². The van der Waals surface area contributed by atoms with Crippen molar-refractivity contribution in [3.05, 3.63) is 46.2 Å². The fourth-order valence-corrected chi connectivity index (χ4v) is 4.34. The molecule has 2 heterocycles. The monoisotopic (exact) mass is 329 g/mol. The highest BCUT2D eigenvalue weighted by molar-refractivity contribution is 7.08. The topological polar surface area (TPSA) is 38.8 Å². The van der Waals surface area contributed by atoms with Gasteiger partial charge in [-0.25, -0.2) is 0 Å². The minimum Gasteiger partial charge on any atom is -0.493 e. The molecule has 1 amide bonds. The number of rotatable bonds is 5. The van der Waals surface area contributed by atoms with Gasteiger partial charge in [-0.15, -0.1) is 0 Å². The second kappa shape index (κ2) is 5.57. The largest absolute Gasteiger partial charge is 0.493 e. The highest BCUT2D eigenvalue weighted by atomic mass is 32.1. The van der Waals surface area contributed by atoms with Crippen molar-refractivity contribution >= 4 is 17.2 Å². The van der Waals surface area contributed by atoms with Gasteiger partial charge in [0.1, 0.15) is 0 Å². The molecule has 2 aromatic rings. The molecule has 4 nitrogen and oxygen atoms in total. The SMILES string of the molecule is COc1ccc(CN2C(=O)C3CC3C2c2ccsc2)cc1OC. The van der Waals surface area contributed by atoms with Crippen LogP contribution in [-0.4, -0.2) is 25.0 Å². The van der Waals surface area contributed by atoms with Crippen LogP contribution in [0, 0.1) is 11.8 Å². The Hall–Kier alpha value is -2.01. The molecule has 2 fully saturated rings. The van der Waals surface area contributed by atoms with Gasteiger partial charge >= 0.3 is 0 Å². The van der Waals surface area contributed by atoms with Gasteiger partial charge in [0, 0.05) is 12.5 Å². The number of ether oxygens (including phenoxy) is 2. The highest BCUT2D eigenvalue weighted by Crippen LogP contribution is 2.57. The molecule has 1 aromatic heterocycles. The van der Waals surface area contributed by atoms with E-state index in [2.05, 4.69) is 16.8 Å². The van der Waals surface area contributed by atoms with Gasteiger partial charge in [-0.2, -0.15) is 11.3 Å². The Morgan fingerprint density at radius 1 is 1.22 bits per heavy atom. The van der Waals surface area contributed by atoms with Gasteiger partial charge in [0.15, 0.2) is 11.5 Å². The van der Waals surface area contributed by atoms with E-state index in [1.807, 2.05) is 23.1 Å². The number of piperidine rings is 1. The van der Waals surface area contributed by atoms with Crippen LogP contribution in [0.4, 0.5) is 0 Å². The first-order valence-corrected chi connectivity index (χ1v) is 8.70. The zero-order chi connectivity index (χ0) is 16.0. The molecule has 1 saturated heterocycles. The van der Waals surface area contributed by atoms with Crippen molar-refractivity contribution in [1.29, 1.82) is 0 Å². The zero-order valence-electron chi connectivity index (χ0n) is 13.2. The van der Waals surface area contributed by atoms with Gasteiger partial charge in [0.05, 0.1) is 20.3 Å². The molecule has 3 atom stereocenters. The molecule has 3 unspecified atom stereocenters. The number of benzene rings is 1. The Bertz CT molecular complexity index is 728. The average Bonchev–Trinajstić information content (AvgIpc) is 3.06. The van der Waals surface area contributed by atoms with Crippen LogP contribution in [0.2, 0.25) is 0 Å². The summed E-state index contributed by atoms with van der Waals surface area (Å²) in [6, 6.07) is 8.23. The third-order valence-corrected chi connectivity index (χ3v) is 5.57. The fraction of sp³-hybridized carbons (Fsp3) is 0.389. The van der Waals surface area contributed by atoms with Gasteiger partial charge in [-0.1, -0.05) is 6.07 Å². The Labute approximate surface area is 139 Å². The molecule has 0 spiro atoms. The number of methoxy groups -OCH3 is 2. The second-order valence-corrected chi connectivity index (χ2v) is 6.94. The number of carbonyl (C=O) groups is 1. The summed E-state index contributed by atoms with van der Waals surface area (Å²) in [5.74, 6) is 2.44. The molecule has 0 bridgehead atoms. The summed E-state index contributed by atoms with van der Waals surface area (Å²) in [5.41, 5.74) is 2.34. The first-order chi connectivity index (χ1) is 11.2. The molecule has 1 aliphatic heterocycles. The Kier molecular flexibility index (Phi) is 3.53. The number of amides is 1. The van der Waals surface area contributed by atoms with E-state index in [-0.39, 0.29) is 12.0 Å². The van der Waals surface area contributed by atoms with E-state index >= 15 is 0 Å². The van der Waals surface area contributed by atoms with Crippen LogP contribution in [0.1, 0.15) is 23.6 Å². The summed E-state index contributed by atoms with van der Waals surface area (Å²) in [4.78, 5) is 14.6. The summed E-state index contributed by atoms with van der Waals surface area (Å²) in [6.45, 7) is 0.618. The van der Waals surface area contributed by atoms with Crippen molar-refractivity contribution in [2.45, 2.75) is 19.0 Å². The minimum atomic E-state index is 0.229. The Balaban J connectivity index is 1.61. The molecule has 5 heteroatoms. The summed E-state index contributed by atoms with van der Waals surface area (Å²) in [5, 5.41) is 4.25. The van der Waals surface area contributed by atoms with E-state index < -0.39 is 0 Å². The van der Waals surface area contributed by atoms with Crippen molar-refractivity contribution in [2.24, 2.45) is 11.8 Å². The standard InChI is InChI=1S/C18H19NO3S/c1-21-15-4-3-11(7-16(15)22-2)9-19-17(12-5-6-23-10-12)13-8-14(13)18(19)20/h3-7,10,13-14,17H,8-9H2,1-2H3. The Morgan fingerprint density at radius 2 is 2.04 bits per heavy atom. The zero-order valence-corrected chi connectivity index (χ0v) is 14.0. The summed E-state index contributed by atoms with van der Waals surface area (Å²) >= 11 is 1.69. The first kappa shape index (κ1) is 14.6. The van der Waals surface area contributed by atoms with Crippen molar-refractivity contribution < 1.29 is 14.3 Å². The number of fused-ring (bicyclic) bond motifs is 1. The van der Waals surface area contributed by atoms with Gasteiger partial charge in [-0.05, 0) is 52.4 Å². The predicted octanol–water partition coefficient (Wildman–Crippen LogP) is 3.48. The lowest BCUT2D eigenvalue weighted by atomic mass is 10.1. The number of hydrogen-bond donors (Lipinski definition) is 0. The molecule has 120 valence electrons. The van der Waals surface area contributed by atoms with Crippen LogP contribution >= 0.6 is 11.3 Å². The maximum atomic E-state index is 12.6. The third kappa shape index (κ3) is 2.39. The van der Waals surface area contributed by atoms with E-state index in [1.165, 1.54) is 5.56 Å². The molecule has 1 saturated carbocycles. The van der Waals surface area contributed by atoms with Crippen molar-refractivity contribution in [3.8, 4) is 11.5 Å². The normalized spacial score (nSPS) is 25.4. The molecule has 1 aliphatic carbocycles. The average molecular weight is 329 g/mol. The van der Waals surface area contributed by atoms with Crippen molar-refractivity contribution in [1.82, 2.24) is 4.90 Å². The highest BCUT2D eigenvalue weighted by Gasteiger charge is 2.58. The molecule has 2 aliphatic rings. The number of likely N-dealkylation sites (tertiary alicyclic amines) is 1. The number of hydrogen-bond acceptors (Lipinski definition) is 4. The lowest BCUT2D eigenvalue weighted by Gasteiger charge is -2.27. The summed E-state index contributed by atoms with van der Waals surface area (Å²) in [6.07, 6.45) is 1.04. The lowest BCUT2D eigenvalue weighted by Crippen LogP contribution is -2.30. The van der Waals surface area contributed by atoms with Crippen LogP contribution in [0.3, 0.4) is 0 Å². The quantitative estimate of drug-likeness (QED) is 0.843. The maximum Gasteiger partial charge on any atom is 0.226 e. The number of thiophene rings is 1. The second-order valence-electron chi connectivity index (χ2n) is 6.16. The van der Waals surface area contributed by atoms with E-state index in [9.17, 15) is 4.79 Å². The molecule has 0 radical (unpaired) electrons. The van der Waals surface area contributed by atoms with Crippen molar-refractivity contribution in [2.75, 3.05) is 14.2 Å². The molecular formula is C18H19NO3S. The van der Waals surface area contributed by atoms with Gasteiger partial charge in [0.25, 0.3) is 0 Å². The van der Waals surface area contributed by atoms with Crippen LogP contribution < -0.4 is 9.47 Å². The fourth-order valence-electron chi connectivity index (χ4n) is 3.65. The van der Waals surface area contributed by atoms with Crippen LogP contribution in [0.15, 0.2) is 35.0 Å². The van der Waals surface area contributed by atoms with Crippen molar-refractivity contribution in [3.63, 3.8) is 0 Å². The van der Waals surface area contributed by atoms with E-state index in [1.54, 1.807) is 25.6 Å². The smallest absolute Gasteiger partial charge is 0.226 e. The first-order valence-electron chi connectivity index (χ1n) is 7.76. The number of nitrogens with zero attached hydrogens (tertiary/aromatic N) is 1. The van der Waals surface area contributed by atoms with Gasteiger partial charge in [-0.3, -0.25) is 4.79 Å². The van der Waals surface area contributed by atoms with E-state index in [0.717, 1.165) is 12.0 Å². The van der Waals surface area contributed by atoms with Crippen LogP contribution in [0.5, 0.6) is 11.5 Å². The maximum absolute atomic E-state index is 12.6. The van der Waals surface area contributed by atoms with Crippen LogP contribution in [-0.2, 0) is 11.3 Å². The minimum absolute atomic E-state index is 0.229. The molecule has 1 aromatic carbocycles. The summed E-state index contributed by atoms with van der Waals surface area (Å²) < 4.78 is 10.7. The third-order valence-electron chi connectivity index (χ3n) is 4.87. The molecule has 4 rings (SSSR count). The molecule has 23 heavy (non-hydrogen) atoms.